The van der Waals surface area contributed by atoms with E-state index in [0.717, 1.165) is 37.7 Å². The van der Waals surface area contributed by atoms with Gasteiger partial charge in [-0.15, -0.1) is 0 Å². The van der Waals surface area contributed by atoms with E-state index in [4.69, 9.17) is 0 Å². The Balaban J connectivity index is 1.46. The number of alkyl halides is 3. The van der Waals surface area contributed by atoms with E-state index in [-0.39, 0.29) is 24.3 Å². The first-order chi connectivity index (χ1) is 16.3. The number of rotatable bonds is 4. The number of piperidine rings is 1. The minimum Gasteiger partial charge on any atom is -0.393 e. The molecular formula is C28H42F3NO3. The van der Waals surface area contributed by atoms with Crippen LogP contribution in [0.2, 0.25) is 0 Å². The number of hydrogen-bond acceptors (Lipinski definition) is 4. The second-order valence-electron chi connectivity index (χ2n) is 12.0. The van der Waals surface area contributed by atoms with Gasteiger partial charge in [-0.05, 0) is 92.2 Å². The van der Waals surface area contributed by atoms with Crippen molar-refractivity contribution < 1.29 is 28.5 Å². The highest BCUT2D eigenvalue weighted by molar-refractivity contribution is 5.38. The number of likely N-dealkylation sites (tertiary alicyclic amines) is 1. The maximum atomic E-state index is 13.4. The highest BCUT2D eigenvalue weighted by Crippen LogP contribution is 2.59. The highest BCUT2D eigenvalue weighted by Gasteiger charge is 2.56. The Bertz CT molecular complexity index is 868. The first-order valence-corrected chi connectivity index (χ1v) is 13.3. The molecule has 0 spiro atoms. The van der Waals surface area contributed by atoms with E-state index >= 15 is 0 Å². The molecule has 3 saturated carbocycles. The number of nitrogens with zero attached hydrogens (tertiary/aromatic N) is 1. The molecule has 4 fully saturated rings. The van der Waals surface area contributed by atoms with Gasteiger partial charge >= 0.3 is 6.18 Å². The molecule has 7 atom stereocenters. The molecule has 198 valence electrons. The Hall–Kier alpha value is -1.15. The summed E-state index contributed by atoms with van der Waals surface area (Å²) >= 11 is 0. The summed E-state index contributed by atoms with van der Waals surface area (Å²) in [5.74, 6) is 1.13. The average molecular weight is 498 g/mol. The molecular weight excluding hydrogens is 455 g/mol. The van der Waals surface area contributed by atoms with Gasteiger partial charge in [-0.2, -0.15) is 13.2 Å². The molecule has 0 amide bonds. The van der Waals surface area contributed by atoms with Crippen LogP contribution >= 0.6 is 0 Å². The maximum absolute atomic E-state index is 13.4. The van der Waals surface area contributed by atoms with E-state index in [1.165, 1.54) is 5.57 Å². The minimum atomic E-state index is -4.59. The largest absolute Gasteiger partial charge is 0.418 e. The van der Waals surface area contributed by atoms with E-state index in [9.17, 15) is 28.5 Å². The molecule has 1 heterocycles. The number of allylic oxidation sites excluding steroid dienone is 3. The van der Waals surface area contributed by atoms with Crippen LogP contribution in [0.15, 0.2) is 35.5 Å². The van der Waals surface area contributed by atoms with Gasteiger partial charge in [-0.3, -0.25) is 4.90 Å². The van der Waals surface area contributed by atoms with E-state index in [1.54, 1.807) is 0 Å². The lowest BCUT2D eigenvalue weighted by Gasteiger charge is -2.46. The zero-order valence-electron chi connectivity index (χ0n) is 21.2. The standard InChI is InChI=1S/C28H42F3NO3/c1-18(16-32-13-5-12-27(35,17-32)28(29,30)31)23-9-10-24-20(6-4-11-26(23,24)3)7-8-21-14-22(33)15-25(34)19(21)2/h7-8,18,22-25,33-35H,2,4-6,9-17H2,1,3H3/b20-7+,21-8-/t18-,22-,23-,24+,25+,26-,27?/m1/s1. The molecule has 4 nitrogen and oxygen atoms in total. The van der Waals surface area contributed by atoms with Crippen LogP contribution in [0.3, 0.4) is 0 Å². The third-order valence-electron chi connectivity index (χ3n) is 9.61. The molecule has 3 N–H and O–H groups in total. The van der Waals surface area contributed by atoms with Crippen LogP contribution < -0.4 is 0 Å². The molecule has 0 aromatic rings. The lowest BCUT2D eigenvalue weighted by molar-refractivity contribution is -0.274. The molecule has 0 aromatic heterocycles. The summed E-state index contributed by atoms with van der Waals surface area (Å²) < 4.78 is 40.2. The zero-order chi connectivity index (χ0) is 25.6. The lowest BCUT2D eigenvalue weighted by Crippen LogP contribution is -2.57. The van der Waals surface area contributed by atoms with Crippen LogP contribution in [0.4, 0.5) is 13.2 Å². The maximum Gasteiger partial charge on any atom is 0.418 e. The van der Waals surface area contributed by atoms with Crippen molar-refractivity contribution in [3.8, 4) is 0 Å². The molecule has 1 saturated heterocycles. The summed E-state index contributed by atoms with van der Waals surface area (Å²) in [5, 5.41) is 30.4. The van der Waals surface area contributed by atoms with Crippen molar-refractivity contribution in [1.29, 1.82) is 0 Å². The Morgan fingerprint density at radius 2 is 1.91 bits per heavy atom. The summed E-state index contributed by atoms with van der Waals surface area (Å²) in [6.45, 7) is 9.43. The summed E-state index contributed by atoms with van der Waals surface area (Å²) in [4.78, 5) is 1.83. The normalized spacial score (nSPS) is 42.5. The molecule has 0 radical (unpaired) electrons. The van der Waals surface area contributed by atoms with Crippen LogP contribution in [-0.2, 0) is 0 Å². The fraction of sp³-hybridized carbons (Fsp3) is 0.786. The van der Waals surface area contributed by atoms with Gasteiger partial charge in [0.2, 0.25) is 0 Å². The van der Waals surface area contributed by atoms with Gasteiger partial charge < -0.3 is 15.3 Å². The smallest absolute Gasteiger partial charge is 0.393 e. The summed E-state index contributed by atoms with van der Waals surface area (Å²) in [7, 11) is 0. The van der Waals surface area contributed by atoms with Gasteiger partial charge in [0, 0.05) is 19.5 Å². The highest BCUT2D eigenvalue weighted by atomic mass is 19.4. The van der Waals surface area contributed by atoms with Crippen molar-refractivity contribution in [2.24, 2.45) is 23.2 Å². The molecule has 0 aromatic carbocycles. The molecule has 4 rings (SSSR count). The summed E-state index contributed by atoms with van der Waals surface area (Å²) in [6, 6.07) is 0. The number of β-amino-alcohol motifs (C(OH)–C–C–N with tert-alkyl or cyclic N) is 1. The predicted molar refractivity (Wildman–Crippen MR) is 131 cm³/mol. The van der Waals surface area contributed by atoms with Gasteiger partial charge in [-0.1, -0.05) is 38.2 Å². The Morgan fingerprint density at radius 3 is 2.63 bits per heavy atom. The van der Waals surface area contributed by atoms with E-state index in [1.807, 2.05) is 11.0 Å². The average Bonchev–Trinajstić information content (AvgIpc) is 3.12. The Labute approximate surface area is 207 Å². The molecule has 35 heavy (non-hydrogen) atoms. The monoisotopic (exact) mass is 497 g/mol. The number of aliphatic hydroxyl groups excluding tert-OH is 2. The van der Waals surface area contributed by atoms with Gasteiger partial charge in [0.05, 0.1) is 12.2 Å². The van der Waals surface area contributed by atoms with Gasteiger partial charge in [0.15, 0.2) is 5.60 Å². The molecule has 1 unspecified atom stereocenters. The van der Waals surface area contributed by atoms with Crippen molar-refractivity contribution in [3.63, 3.8) is 0 Å². The van der Waals surface area contributed by atoms with Crippen molar-refractivity contribution in [2.75, 3.05) is 19.6 Å². The molecule has 1 aliphatic heterocycles. The first-order valence-electron chi connectivity index (χ1n) is 13.3. The molecule has 7 heteroatoms. The van der Waals surface area contributed by atoms with Gasteiger partial charge in [0.25, 0.3) is 0 Å². The molecule has 4 aliphatic rings. The van der Waals surface area contributed by atoms with E-state index in [2.05, 4.69) is 26.5 Å². The van der Waals surface area contributed by atoms with E-state index < -0.39 is 24.0 Å². The topological polar surface area (TPSA) is 63.9 Å². The van der Waals surface area contributed by atoms with Crippen LogP contribution in [0.1, 0.15) is 71.6 Å². The Morgan fingerprint density at radius 1 is 1.17 bits per heavy atom. The Kier molecular flexibility index (Phi) is 7.65. The predicted octanol–water partition coefficient (Wildman–Crippen LogP) is 5.15. The first kappa shape index (κ1) is 26.9. The van der Waals surface area contributed by atoms with Crippen LogP contribution in [-0.4, -0.2) is 63.8 Å². The summed E-state index contributed by atoms with van der Waals surface area (Å²) in [6.07, 6.45) is 4.80. The van der Waals surface area contributed by atoms with Crippen molar-refractivity contribution in [1.82, 2.24) is 4.90 Å². The van der Waals surface area contributed by atoms with Gasteiger partial charge in [0.1, 0.15) is 0 Å². The minimum absolute atomic E-state index is 0.112. The van der Waals surface area contributed by atoms with Gasteiger partial charge in [-0.25, -0.2) is 0 Å². The van der Waals surface area contributed by atoms with Crippen LogP contribution in [0.25, 0.3) is 0 Å². The summed E-state index contributed by atoms with van der Waals surface area (Å²) in [5.41, 5.74) is 0.546. The lowest BCUT2D eigenvalue weighted by atomic mass is 9.61. The fourth-order valence-electron chi connectivity index (χ4n) is 7.72. The van der Waals surface area contributed by atoms with Crippen molar-refractivity contribution >= 4 is 0 Å². The number of fused-ring (bicyclic) bond motifs is 1. The van der Waals surface area contributed by atoms with Crippen molar-refractivity contribution in [3.05, 3.63) is 35.5 Å². The third-order valence-corrected chi connectivity index (χ3v) is 9.61. The molecule has 0 bridgehead atoms. The SMILES string of the molecule is C=C1/C(=C\C=C2/CCC[C@]3(C)[C@@H]([C@H](C)CN4CCCC(O)(C(F)(F)F)C4)CC[C@@H]23)C[C@@H](O)C[C@@H]1O. The second-order valence-corrected chi connectivity index (χ2v) is 12.0. The zero-order valence-corrected chi connectivity index (χ0v) is 21.2. The van der Waals surface area contributed by atoms with E-state index in [0.29, 0.717) is 49.8 Å². The second kappa shape index (κ2) is 9.96. The van der Waals surface area contributed by atoms with Crippen LogP contribution in [0, 0.1) is 23.2 Å². The number of halogens is 3. The van der Waals surface area contributed by atoms with Crippen molar-refractivity contribution in [2.45, 2.75) is 95.6 Å². The molecule has 3 aliphatic carbocycles. The number of aliphatic hydroxyl groups is 3. The van der Waals surface area contributed by atoms with Crippen LogP contribution in [0.5, 0.6) is 0 Å². The third kappa shape index (κ3) is 5.29. The quantitative estimate of drug-likeness (QED) is 0.503. The number of hydrogen-bond donors (Lipinski definition) is 3. The fourth-order valence-corrected chi connectivity index (χ4v) is 7.72.